The fraction of sp³-hybridized carbons (Fsp3) is 0.333. The van der Waals surface area contributed by atoms with Gasteiger partial charge in [-0.1, -0.05) is 18.2 Å². The summed E-state index contributed by atoms with van der Waals surface area (Å²) < 4.78 is 10.5. The van der Waals surface area contributed by atoms with Crippen LogP contribution in [0.4, 0.5) is 0 Å². The second-order valence-electron chi connectivity index (χ2n) is 5.15. The van der Waals surface area contributed by atoms with Crippen molar-refractivity contribution in [3.63, 3.8) is 0 Å². The van der Waals surface area contributed by atoms with E-state index >= 15 is 0 Å². The Morgan fingerprint density at radius 2 is 2.00 bits per heavy atom. The number of thiocarbonyl (C=S) groups is 1. The largest absolute Gasteiger partial charge is 0.497 e. The quantitative estimate of drug-likeness (QED) is 0.333. The summed E-state index contributed by atoms with van der Waals surface area (Å²) in [6.45, 7) is 4.22. The van der Waals surface area contributed by atoms with Crippen LogP contribution in [-0.4, -0.2) is 38.2 Å². The summed E-state index contributed by atoms with van der Waals surface area (Å²) in [5.41, 5.74) is 3.82. The van der Waals surface area contributed by atoms with Crippen LogP contribution in [0.15, 0.2) is 41.5 Å². The molecule has 0 atom stereocenters. The third-order valence-corrected chi connectivity index (χ3v) is 3.64. The first kappa shape index (κ1) is 18.2. The molecule has 0 aliphatic carbocycles. The maximum atomic E-state index is 5.26. The van der Waals surface area contributed by atoms with Gasteiger partial charge in [0.05, 0.1) is 13.3 Å². The van der Waals surface area contributed by atoms with Crippen LogP contribution in [0, 0.1) is 0 Å². The van der Waals surface area contributed by atoms with Crippen molar-refractivity contribution >= 4 is 34.3 Å². The van der Waals surface area contributed by atoms with Crippen molar-refractivity contribution < 1.29 is 9.47 Å². The van der Waals surface area contributed by atoms with Crippen molar-refractivity contribution in [1.29, 1.82) is 0 Å². The molecule has 0 saturated heterocycles. The first-order valence-corrected chi connectivity index (χ1v) is 8.36. The molecule has 5 nitrogen and oxygen atoms in total. The van der Waals surface area contributed by atoms with E-state index < -0.39 is 0 Å². The van der Waals surface area contributed by atoms with Crippen LogP contribution in [0.1, 0.15) is 18.9 Å². The minimum absolute atomic E-state index is 0.508. The van der Waals surface area contributed by atoms with Crippen molar-refractivity contribution in [2.24, 2.45) is 5.10 Å². The Kier molecular flexibility index (Phi) is 7.45. The van der Waals surface area contributed by atoms with E-state index in [0.29, 0.717) is 5.11 Å². The molecule has 0 aliphatic heterocycles. The molecule has 2 rings (SSSR count). The molecule has 0 fully saturated rings. The maximum Gasteiger partial charge on any atom is 0.186 e. The zero-order valence-corrected chi connectivity index (χ0v) is 14.9. The highest BCUT2D eigenvalue weighted by Gasteiger charge is 1.98. The van der Waals surface area contributed by atoms with E-state index in [1.807, 2.05) is 37.3 Å². The number of hydrogen-bond acceptors (Lipinski definition) is 4. The summed E-state index contributed by atoms with van der Waals surface area (Å²) in [5, 5.41) is 10.0. The van der Waals surface area contributed by atoms with E-state index in [0.717, 1.165) is 48.3 Å². The average molecular weight is 345 g/mol. The number of benzene rings is 2. The Morgan fingerprint density at radius 3 is 2.79 bits per heavy atom. The molecule has 24 heavy (non-hydrogen) atoms. The predicted octanol–water partition coefficient (Wildman–Crippen LogP) is 3.07. The molecule has 2 aromatic carbocycles. The molecule has 128 valence electrons. The summed E-state index contributed by atoms with van der Waals surface area (Å²) in [4.78, 5) is 0. The Balaban J connectivity index is 1.83. The van der Waals surface area contributed by atoms with Crippen LogP contribution in [-0.2, 0) is 4.74 Å². The third-order valence-electron chi connectivity index (χ3n) is 3.41. The molecule has 0 heterocycles. The van der Waals surface area contributed by atoms with Gasteiger partial charge in [0, 0.05) is 19.8 Å². The molecular formula is C18H23N3O2S. The number of rotatable bonds is 8. The molecular weight excluding hydrogens is 322 g/mol. The van der Waals surface area contributed by atoms with E-state index in [1.165, 1.54) is 0 Å². The van der Waals surface area contributed by atoms with Gasteiger partial charge in [-0.3, -0.25) is 5.43 Å². The van der Waals surface area contributed by atoms with Gasteiger partial charge in [-0.2, -0.15) is 5.10 Å². The summed E-state index contributed by atoms with van der Waals surface area (Å²) in [5.74, 6) is 0.853. The first-order valence-electron chi connectivity index (χ1n) is 7.95. The molecule has 0 aromatic heterocycles. The maximum absolute atomic E-state index is 5.26. The van der Waals surface area contributed by atoms with E-state index in [1.54, 1.807) is 13.3 Å². The van der Waals surface area contributed by atoms with E-state index in [-0.39, 0.29) is 0 Å². The molecule has 0 saturated carbocycles. The summed E-state index contributed by atoms with van der Waals surface area (Å²) in [6.07, 6.45) is 2.66. The minimum Gasteiger partial charge on any atom is -0.497 e. The van der Waals surface area contributed by atoms with Crippen LogP contribution in [0.2, 0.25) is 0 Å². The number of hydrogen-bond donors (Lipinski definition) is 2. The van der Waals surface area contributed by atoms with Gasteiger partial charge in [0.25, 0.3) is 0 Å². The smallest absolute Gasteiger partial charge is 0.186 e. The highest BCUT2D eigenvalue weighted by atomic mass is 32.1. The molecule has 0 aliphatic rings. The van der Waals surface area contributed by atoms with Gasteiger partial charge in [0.1, 0.15) is 5.75 Å². The fourth-order valence-corrected chi connectivity index (χ4v) is 2.33. The highest BCUT2D eigenvalue weighted by molar-refractivity contribution is 7.80. The van der Waals surface area contributed by atoms with Crippen LogP contribution in [0.5, 0.6) is 5.75 Å². The van der Waals surface area contributed by atoms with Crippen molar-refractivity contribution in [3.05, 3.63) is 42.0 Å². The zero-order valence-electron chi connectivity index (χ0n) is 14.0. The molecule has 2 N–H and O–H groups in total. The van der Waals surface area contributed by atoms with E-state index in [9.17, 15) is 0 Å². The molecule has 2 aromatic rings. The van der Waals surface area contributed by atoms with E-state index in [4.69, 9.17) is 21.7 Å². The predicted molar refractivity (Wildman–Crippen MR) is 103 cm³/mol. The van der Waals surface area contributed by atoms with Crippen molar-refractivity contribution in [2.75, 3.05) is 26.9 Å². The second kappa shape index (κ2) is 9.85. The molecule has 0 amide bonds. The van der Waals surface area contributed by atoms with E-state index in [2.05, 4.69) is 21.9 Å². The summed E-state index contributed by atoms with van der Waals surface area (Å²) in [6, 6.07) is 12.1. The lowest BCUT2D eigenvalue weighted by Crippen LogP contribution is -2.33. The van der Waals surface area contributed by atoms with Gasteiger partial charge in [-0.25, -0.2) is 0 Å². The van der Waals surface area contributed by atoms with Crippen molar-refractivity contribution in [2.45, 2.75) is 13.3 Å². The van der Waals surface area contributed by atoms with Gasteiger partial charge in [0.2, 0.25) is 0 Å². The average Bonchev–Trinajstić information content (AvgIpc) is 2.61. The lowest BCUT2D eigenvalue weighted by Gasteiger charge is -2.07. The van der Waals surface area contributed by atoms with Gasteiger partial charge in [-0.15, -0.1) is 0 Å². The number of nitrogens with zero attached hydrogens (tertiary/aromatic N) is 1. The number of methoxy groups -OCH3 is 1. The van der Waals surface area contributed by atoms with Gasteiger partial charge >= 0.3 is 0 Å². The summed E-state index contributed by atoms with van der Waals surface area (Å²) >= 11 is 5.16. The summed E-state index contributed by atoms with van der Waals surface area (Å²) in [7, 11) is 1.67. The van der Waals surface area contributed by atoms with Gasteiger partial charge in [-0.05, 0) is 60.1 Å². The first-order chi connectivity index (χ1) is 11.7. The highest BCUT2D eigenvalue weighted by Crippen LogP contribution is 2.21. The molecule has 0 radical (unpaired) electrons. The third kappa shape index (κ3) is 5.79. The van der Waals surface area contributed by atoms with Crippen LogP contribution < -0.4 is 15.5 Å². The normalized spacial score (nSPS) is 10.9. The van der Waals surface area contributed by atoms with Gasteiger partial charge in [0.15, 0.2) is 5.11 Å². The van der Waals surface area contributed by atoms with Crippen LogP contribution in [0.25, 0.3) is 10.8 Å². The monoisotopic (exact) mass is 345 g/mol. The molecule has 6 heteroatoms. The standard InChI is InChI=1S/C18H23N3O2S/c1-3-23-10-4-9-19-18(24)21-20-13-14-5-6-16-12-17(22-2)8-7-15(16)11-14/h5-8,11-13H,3-4,9-10H2,1-2H3,(H2,19,21,24)/b20-13-. The number of ether oxygens (including phenoxy) is 2. The Bertz CT molecular complexity index is 704. The van der Waals surface area contributed by atoms with Gasteiger partial charge < -0.3 is 14.8 Å². The number of fused-ring (bicyclic) bond motifs is 1. The Morgan fingerprint density at radius 1 is 1.21 bits per heavy atom. The molecule has 0 spiro atoms. The molecule has 0 unspecified atom stereocenters. The molecule has 0 bridgehead atoms. The number of nitrogens with one attached hydrogen (secondary N) is 2. The van der Waals surface area contributed by atoms with Crippen LogP contribution >= 0.6 is 12.2 Å². The lowest BCUT2D eigenvalue weighted by molar-refractivity contribution is 0.145. The van der Waals surface area contributed by atoms with Crippen LogP contribution in [0.3, 0.4) is 0 Å². The minimum atomic E-state index is 0.508. The second-order valence-corrected chi connectivity index (χ2v) is 5.56. The lowest BCUT2D eigenvalue weighted by atomic mass is 10.1. The van der Waals surface area contributed by atoms with Crippen molar-refractivity contribution in [1.82, 2.24) is 10.7 Å². The number of hydrazone groups is 1. The SMILES string of the molecule is CCOCCCNC(=S)N/N=C\c1ccc2cc(OC)ccc2c1. The Labute approximate surface area is 148 Å². The topological polar surface area (TPSA) is 54.9 Å². The fourth-order valence-electron chi connectivity index (χ4n) is 2.18. The van der Waals surface area contributed by atoms with Crippen molar-refractivity contribution in [3.8, 4) is 5.75 Å². The zero-order chi connectivity index (χ0) is 17.2. The Hall–Kier alpha value is -2.18.